The summed E-state index contributed by atoms with van der Waals surface area (Å²) in [4.78, 5) is 60.9. The van der Waals surface area contributed by atoms with Crippen molar-refractivity contribution >= 4 is 30.1 Å². The topological polar surface area (TPSA) is 198 Å². The molecule has 0 heterocycles. The van der Waals surface area contributed by atoms with Gasteiger partial charge < -0.3 is 41.6 Å². The summed E-state index contributed by atoms with van der Waals surface area (Å²) in [6.07, 6.45) is -0.100. The summed E-state index contributed by atoms with van der Waals surface area (Å²) in [6, 6.07) is 12.7. The molecular weight excluding hydrogens is 582 g/mol. The third-order valence-corrected chi connectivity index (χ3v) is 7.12. The van der Waals surface area contributed by atoms with Crippen LogP contribution in [0.1, 0.15) is 69.9 Å². The predicted octanol–water partition coefficient (Wildman–Crippen LogP) is 3.61. The van der Waals surface area contributed by atoms with E-state index >= 15 is 0 Å². The Hall–Kier alpha value is -4.81. The van der Waals surface area contributed by atoms with Gasteiger partial charge in [0.05, 0.1) is 0 Å². The number of primary amides is 1. The molecule has 13 heteroatoms. The number of nitrogens with one attached hydrogen (secondary N) is 4. The number of carbonyl (C=O) groups excluding carboxylic acids is 4. The summed E-state index contributed by atoms with van der Waals surface area (Å²) >= 11 is 0. The second-order valence-electron chi connectivity index (χ2n) is 11.8. The Morgan fingerprint density at radius 3 is 1.96 bits per heavy atom. The van der Waals surface area contributed by atoms with Crippen LogP contribution < -0.4 is 27.0 Å². The minimum absolute atomic E-state index is 0.0342. The van der Waals surface area contributed by atoms with E-state index in [1.807, 2.05) is 48.5 Å². The van der Waals surface area contributed by atoms with Crippen LogP contribution in [0, 0.1) is 0 Å². The first-order valence-electron chi connectivity index (χ1n) is 15.0. The standard InChI is InChI=1S/C32H43N5O8/c1-32(2,3)45-30(42)35-17-9-8-15-26(28(39)40)36-27(38)25(16-10-18-34-29(33)41)37-31(43)44-19-24-22-13-6-4-11-20(22)21-12-5-7-14-23(21)24/h4-7,11-14,24-26H,8-10,15-19H2,1-3H3,(H,35,42)(H,36,38)(H,37,43)(H,39,40)(H3,33,34,41)/t25-,26-/m0/s1. The fraction of sp³-hybridized carbons (Fsp3) is 0.469. The lowest BCUT2D eigenvalue weighted by molar-refractivity contribution is -0.142. The van der Waals surface area contributed by atoms with Crippen molar-refractivity contribution in [2.45, 2.75) is 76.5 Å². The van der Waals surface area contributed by atoms with Gasteiger partial charge in [-0.3, -0.25) is 4.79 Å². The van der Waals surface area contributed by atoms with E-state index in [0.717, 1.165) is 22.3 Å². The number of urea groups is 1. The molecule has 244 valence electrons. The lowest BCUT2D eigenvalue weighted by atomic mass is 9.98. The minimum Gasteiger partial charge on any atom is -0.480 e. The van der Waals surface area contributed by atoms with Crippen LogP contribution >= 0.6 is 0 Å². The maximum atomic E-state index is 13.2. The first kappa shape index (κ1) is 34.7. The number of alkyl carbamates (subject to hydrolysis) is 2. The summed E-state index contributed by atoms with van der Waals surface area (Å²) < 4.78 is 10.7. The van der Waals surface area contributed by atoms with Crippen LogP contribution in [0.3, 0.4) is 0 Å². The lowest BCUT2D eigenvalue weighted by Crippen LogP contribution is -2.52. The van der Waals surface area contributed by atoms with Crippen molar-refractivity contribution in [2.24, 2.45) is 5.73 Å². The first-order chi connectivity index (χ1) is 21.4. The molecule has 0 fully saturated rings. The molecule has 0 bridgehead atoms. The molecule has 2 aromatic carbocycles. The molecule has 45 heavy (non-hydrogen) atoms. The number of hydrogen-bond donors (Lipinski definition) is 6. The fourth-order valence-corrected chi connectivity index (χ4v) is 5.08. The molecule has 0 unspecified atom stereocenters. The van der Waals surface area contributed by atoms with E-state index in [0.29, 0.717) is 12.8 Å². The molecule has 5 amide bonds. The van der Waals surface area contributed by atoms with E-state index < -0.39 is 47.8 Å². The van der Waals surface area contributed by atoms with Crippen LogP contribution in [-0.4, -0.2) is 72.6 Å². The first-order valence-corrected chi connectivity index (χ1v) is 15.0. The number of carboxylic acid groups (broad SMARTS) is 1. The Morgan fingerprint density at radius 1 is 0.800 bits per heavy atom. The SMILES string of the molecule is CC(C)(C)OC(=O)NCCCC[C@H](NC(=O)[C@H](CCCNC(N)=O)NC(=O)OCC1c2ccccc2-c2ccccc21)C(=O)O. The molecule has 2 atom stereocenters. The number of nitrogens with two attached hydrogens (primary N) is 1. The van der Waals surface area contributed by atoms with Crippen molar-refractivity contribution in [1.29, 1.82) is 0 Å². The van der Waals surface area contributed by atoms with Gasteiger partial charge in [0, 0.05) is 19.0 Å². The molecule has 2 aromatic rings. The Morgan fingerprint density at radius 2 is 1.38 bits per heavy atom. The van der Waals surface area contributed by atoms with Gasteiger partial charge in [-0.1, -0.05) is 48.5 Å². The number of carbonyl (C=O) groups is 5. The molecule has 0 saturated heterocycles. The van der Waals surface area contributed by atoms with Crippen molar-refractivity contribution in [3.8, 4) is 11.1 Å². The highest BCUT2D eigenvalue weighted by Gasteiger charge is 2.30. The van der Waals surface area contributed by atoms with E-state index in [1.54, 1.807) is 20.8 Å². The van der Waals surface area contributed by atoms with Gasteiger partial charge in [0.15, 0.2) is 0 Å². The maximum absolute atomic E-state index is 13.2. The van der Waals surface area contributed by atoms with Crippen molar-refractivity contribution in [1.82, 2.24) is 21.3 Å². The molecule has 0 saturated carbocycles. The van der Waals surface area contributed by atoms with E-state index in [1.165, 1.54) is 0 Å². The molecule has 1 aliphatic rings. The van der Waals surface area contributed by atoms with Crippen LogP contribution in [0.2, 0.25) is 0 Å². The number of unbranched alkanes of at least 4 members (excludes halogenated alkanes) is 1. The van der Waals surface area contributed by atoms with Gasteiger partial charge >= 0.3 is 24.2 Å². The van der Waals surface area contributed by atoms with Gasteiger partial charge in [-0.25, -0.2) is 19.2 Å². The zero-order chi connectivity index (χ0) is 33.0. The lowest BCUT2D eigenvalue weighted by Gasteiger charge is -2.22. The van der Waals surface area contributed by atoms with Crippen molar-refractivity contribution in [2.75, 3.05) is 19.7 Å². The van der Waals surface area contributed by atoms with E-state index in [9.17, 15) is 29.1 Å². The third kappa shape index (κ3) is 11.0. The quantitative estimate of drug-likeness (QED) is 0.161. The number of fused-ring (bicyclic) bond motifs is 3. The Kier molecular flexibility index (Phi) is 12.6. The summed E-state index contributed by atoms with van der Waals surface area (Å²) in [7, 11) is 0. The highest BCUT2D eigenvalue weighted by Crippen LogP contribution is 2.44. The minimum atomic E-state index is -1.24. The Labute approximate surface area is 262 Å². The number of hydrogen-bond acceptors (Lipinski definition) is 7. The molecular formula is C32H43N5O8. The second-order valence-corrected chi connectivity index (χ2v) is 11.8. The molecule has 0 radical (unpaired) electrons. The molecule has 7 N–H and O–H groups in total. The summed E-state index contributed by atoms with van der Waals surface area (Å²) in [5, 5.41) is 19.8. The van der Waals surface area contributed by atoms with Gasteiger partial charge in [-0.05, 0) is 75.1 Å². The molecule has 0 aromatic heterocycles. The van der Waals surface area contributed by atoms with E-state index in [4.69, 9.17) is 15.2 Å². The van der Waals surface area contributed by atoms with Crippen LogP contribution in [0.5, 0.6) is 0 Å². The van der Waals surface area contributed by atoms with Gasteiger partial charge in [-0.15, -0.1) is 0 Å². The number of rotatable bonds is 15. The van der Waals surface area contributed by atoms with E-state index in [2.05, 4.69) is 21.3 Å². The average molecular weight is 626 g/mol. The number of aliphatic carboxylic acids is 1. The molecule has 0 aliphatic heterocycles. The molecule has 13 nitrogen and oxygen atoms in total. The second kappa shape index (κ2) is 16.3. The largest absolute Gasteiger partial charge is 0.480 e. The van der Waals surface area contributed by atoms with Crippen molar-refractivity contribution in [3.05, 3.63) is 59.7 Å². The zero-order valence-corrected chi connectivity index (χ0v) is 25.9. The number of carboxylic acids is 1. The van der Waals surface area contributed by atoms with Gasteiger partial charge in [-0.2, -0.15) is 0 Å². The maximum Gasteiger partial charge on any atom is 0.407 e. The molecule has 1 aliphatic carbocycles. The van der Waals surface area contributed by atoms with Gasteiger partial charge in [0.2, 0.25) is 5.91 Å². The van der Waals surface area contributed by atoms with Crippen LogP contribution in [0.15, 0.2) is 48.5 Å². The third-order valence-electron chi connectivity index (χ3n) is 7.12. The van der Waals surface area contributed by atoms with Crippen LogP contribution in [-0.2, 0) is 19.1 Å². The Balaban J connectivity index is 1.57. The van der Waals surface area contributed by atoms with Gasteiger partial charge in [0.25, 0.3) is 0 Å². The highest BCUT2D eigenvalue weighted by atomic mass is 16.6. The number of ether oxygens (including phenoxy) is 2. The normalized spacial score (nSPS) is 13.4. The average Bonchev–Trinajstić information content (AvgIpc) is 3.29. The molecule has 3 rings (SSSR count). The fourth-order valence-electron chi connectivity index (χ4n) is 5.08. The number of benzene rings is 2. The summed E-state index contributed by atoms with van der Waals surface area (Å²) in [6.45, 7) is 5.70. The smallest absolute Gasteiger partial charge is 0.407 e. The van der Waals surface area contributed by atoms with Crippen LogP contribution in [0.25, 0.3) is 11.1 Å². The molecule has 0 spiro atoms. The van der Waals surface area contributed by atoms with Gasteiger partial charge in [0.1, 0.15) is 24.3 Å². The summed E-state index contributed by atoms with van der Waals surface area (Å²) in [5.41, 5.74) is 8.68. The van der Waals surface area contributed by atoms with Crippen molar-refractivity contribution in [3.63, 3.8) is 0 Å². The van der Waals surface area contributed by atoms with E-state index in [-0.39, 0.29) is 44.9 Å². The van der Waals surface area contributed by atoms with Crippen molar-refractivity contribution < 1.29 is 38.6 Å². The highest BCUT2D eigenvalue weighted by molar-refractivity contribution is 5.89. The summed E-state index contributed by atoms with van der Waals surface area (Å²) in [5.74, 6) is -2.13. The predicted molar refractivity (Wildman–Crippen MR) is 166 cm³/mol. The van der Waals surface area contributed by atoms with Crippen LogP contribution in [0.4, 0.5) is 14.4 Å². The number of amides is 5. The zero-order valence-electron chi connectivity index (χ0n) is 25.9. The monoisotopic (exact) mass is 625 g/mol. The Bertz CT molecular complexity index is 1310.